The molecule has 0 aliphatic carbocycles. The van der Waals surface area contributed by atoms with Gasteiger partial charge in [-0.15, -0.1) is 11.3 Å². The Labute approximate surface area is 335 Å². The van der Waals surface area contributed by atoms with Crippen LogP contribution in [-0.4, -0.2) is 13.4 Å². The van der Waals surface area contributed by atoms with Gasteiger partial charge >= 0.3 is 0 Å². The first kappa shape index (κ1) is 31.3. The zero-order chi connectivity index (χ0) is 37.2. The molecule has 8 aromatic carbocycles. The number of fused-ring (bicyclic) bond motifs is 10. The van der Waals surface area contributed by atoms with E-state index in [1.165, 1.54) is 70.6 Å². The highest BCUT2D eigenvalue weighted by Gasteiger charge is 2.48. The number of ether oxygens (including phenoxy) is 1. The lowest BCUT2D eigenvalue weighted by molar-refractivity contribution is 0.488. The number of thiophene rings is 1. The second kappa shape index (κ2) is 11.8. The number of benzene rings is 8. The Morgan fingerprint density at radius 3 is 1.67 bits per heavy atom. The molecule has 0 unspecified atom stereocenters. The lowest BCUT2D eigenvalue weighted by atomic mass is 9.30. The monoisotopic (exact) mass is 743 g/mol. The Morgan fingerprint density at radius 1 is 0.368 bits per heavy atom. The Kier molecular flexibility index (Phi) is 6.46. The smallest absolute Gasteiger partial charge is 0.256 e. The lowest BCUT2D eigenvalue weighted by Crippen LogP contribution is -2.64. The van der Waals surface area contributed by atoms with E-state index in [-0.39, 0.29) is 13.4 Å². The molecule has 4 nitrogen and oxygen atoms in total. The molecule has 264 valence electrons. The van der Waals surface area contributed by atoms with Crippen molar-refractivity contribution in [3.05, 3.63) is 188 Å². The molecule has 0 saturated heterocycles. The fourth-order valence-corrected chi connectivity index (χ4v) is 11.3. The van der Waals surface area contributed by atoms with Crippen LogP contribution in [0, 0.1) is 0 Å². The van der Waals surface area contributed by atoms with Crippen molar-refractivity contribution < 1.29 is 4.74 Å². The molecule has 1 aromatic heterocycles. The van der Waals surface area contributed by atoms with Crippen molar-refractivity contribution in [3.8, 4) is 11.5 Å². The molecule has 13 rings (SSSR count). The Balaban J connectivity index is 1.12. The van der Waals surface area contributed by atoms with E-state index >= 15 is 0 Å². The number of hydrogen-bond acceptors (Lipinski definition) is 5. The molecule has 0 saturated carbocycles. The first-order chi connectivity index (χ1) is 28.3. The standard InChI is InChI=1S/C50H31B2N3OS/c1-4-16-32(17-5-1)53-39-24-12-11-23-36(39)51-38-30-37-43(31-45(38)56-44-28-15-27-42(53)49(44)51)54(33-18-6-2-7-19-33)40-25-14-26-41-48(40)52(37)47-35-22-10-13-29-46(35)57-50(47)55(41)34-20-8-3-9-21-34/h1-31H. The van der Waals surface area contributed by atoms with Crippen LogP contribution >= 0.6 is 11.3 Å². The Morgan fingerprint density at radius 2 is 0.930 bits per heavy atom. The number of nitrogens with zero attached hydrogens (tertiary/aromatic N) is 3. The van der Waals surface area contributed by atoms with Gasteiger partial charge in [-0.3, -0.25) is 0 Å². The van der Waals surface area contributed by atoms with Crippen molar-refractivity contribution in [2.45, 2.75) is 0 Å². The summed E-state index contributed by atoms with van der Waals surface area (Å²) in [5, 5.41) is 2.59. The average Bonchev–Trinajstić information content (AvgIpc) is 3.66. The van der Waals surface area contributed by atoms with Gasteiger partial charge in [-0.2, -0.15) is 0 Å². The van der Waals surface area contributed by atoms with Gasteiger partial charge in [0.2, 0.25) is 0 Å². The van der Waals surface area contributed by atoms with Gasteiger partial charge < -0.3 is 19.4 Å². The number of anilines is 9. The predicted octanol–water partition coefficient (Wildman–Crippen LogP) is 9.39. The van der Waals surface area contributed by atoms with E-state index in [0.29, 0.717) is 0 Å². The molecule has 57 heavy (non-hydrogen) atoms. The van der Waals surface area contributed by atoms with Crippen molar-refractivity contribution in [1.29, 1.82) is 0 Å². The van der Waals surface area contributed by atoms with E-state index in [0.717, 1.165) is 34.2 Å². The zero-order valence-corrected chi connectivity index (χ0v) is 31.5. The minimum atomic E-state index is -0.00803. The van der Waals surface area contributed by atoms with Crippen molar-refractivity contribution in [2.75, 3.05) is 14.7 Å². The van der Waals surface area contributed by atoms with Gasteiger partial charge in [0.1, 0.15) is 11.5 Å². The van der Waals surface area contributed by atoms with Crippen molar-refractivity contribution in [1.82, 2.24) is 0 Å². The molecule has 4 aliphatic heterocycles. The van der Waals surface area contributed by atoms with E-state index in [1.54, 1.807) is 0 Å². The summed E-state index contributed by atoms with van der Waals surface area (Å²) in [6, 6.07) is 68.6. The molecule has 0 fully saturated rings. The zero-order valence-electron chi connectivity index (χ0n) is 30.7. The van der Waals surface area contributed by atoms with Crippen LogP contribution in [0.5, 0.6) is 11.5 Å². The molecule has 5 heterocycles. The summed E-state index contributed by atoms with van der Waals surface area (Å²) in [7, 11) is 0. The van der Waals surface area contributed by atoms with Crippen LogP contribution in [0.2, 0.25) is 0 Å². The normalized spacial score (nSPS) is 13.9. The second-order valence-electron chi connectivity index (χ2n) is 15.2. The molecule has 4 aliphatic rings. The minimum absolute atomic E-state index is 0.00105. The third-order valence-electron chi connectivity index (χ3n) is 12.3. The summed E-state index contributed by atoms with van der Waals surface area (Å²) in [5.41, 5.74) is 17.0. The third kappa shape index (κ3) is 4.29. The fourth-order valence-electron chi connectivity index (χ4n) is 10.1. The van der Waals surface area contributed by atoms with E-state index in [9.17, 15) is 0 Å². The largest absolute Gasteiger partial charge is 0.458 e. The van der Waals surface area contributed by atoms with E-state index in [4.69, 9.17) is 4.74 Å². The van der Waals surface area contributed by atoms with Gasteiger partial charge in [-0.1, -0.05) is 109 Å². The topological polar surface area (TPSA) is 19.0 Å². The minimum Gasteiger partial charge on any atom is -0.458 e. The first-order valence-electron chi connectivity index (χ1n) is 19.6. The maximum atomic E-state index is 7.11. The maximum Gasteiger partial charge on any atom is 0.256 e. The molecule has 9 aromatic rings. The van der Waals surface area contributed by atoms with E-state index in [1.807, 2.05) is 11.3 Å². The van der Waals surface area contributed by atoms with Gasteiger partial charge in [0.25, 0.3) is 13.4 Å². The van der Waals surface area contributed by atoms with Gasteiger partial charge in [0.15, 0.2) is 0 Å². The van der Waals surface area contributed by atoms with Crippen LogP contribution in [0.1, 0.15) is 0 Å². The molecule has 0 spiro atoms. The van der Waals surface area contributed by atoms with Crippen LogP contribution in [0.25, 0.3) is 10.1 Å². The SMILES string of the molecule is c1ccc(N2c3ccccc3B3c4cc5c(cc4Oc4cccc2c43)N(c2ccccc2)c2cccc3c2B5c2c(sc4ccccc24)N3c2ccccc2)cc1. The molecule has 0 radical (unpaired) electrons. The van der Waals surface area contributed by atoms with Gasteiger partial charge in [0, 0.05) is 56.3 Å². The molecule has 0 bridgehead atoms. The van der Waals surface area contributed by atoms with Crippen LogP contribution in [0.15, 0.2) is 188 Å². The molecule has 0 N–H and O–H groups in total. The van der Waals surface area contributed by atoms with Crippen molar-refractivity contribution >= 4 is 118 Å². The van der Waals surface area contributed by atoms with Crippen molar-refractivity contribution in [3.63, 3.8) is 0 Å². The molecular formula is C50H31B2N3OS. The van der Waals surface area contributed by atoms with Gasteiger partial charge in [-0.25, -0.2) is 0 Å². The Hall–Kier alpha value is -6.95. The molecule has 0 atom stereocenters. The van der Waals surface area contributed by atoms with Crippen LogP contribution in [0.4, 0.5) is 50.5 Å². The highest BCUT2D eigenvalue weighted by molar-refractivity contribution is 7.26. The number of rotatable bonds is 3. The molecule has 7 heteroatoms. The summed E-state index contributed by atoms with van der Waals surface area (Å²) in [4.78, 5) is 7.37. The predicted molar refractivity (Wildman–Crippen MR) is 242 cm³/mol. The summed E-state index contributed by atoms with van der Waals surface area (Å²) in [5.74, 6) is 1.82. The highest BCUT2D eigenvalue weighted by atomic mass is 32.1. The van der Waals surface area contributed by atoms with Gasteiger partial charge in [0.05, 0.1) is 5.00 Å². The van der Waals surface area contributed by atoms with E-state index < -0.39 is 0 Å². The molecule has 0 amide bonds. The van der Waals surface area contributed by atoms with Crippen LogP contribution in [0.3, 0.4) is 0 Å². The quantitative estimate of drug-likeness (QED) is 0.168. The average molecular weight is 744 g/mol. The summed E-state index contributed by atoms with van der Waals surface area (Å²) >= 11 is 1.89. The van der Waals surface area contributed by atoms with Crippen molar-refractivity contribution in [2.24, 2.45) is 0 Å². The van der Waals surface area contributed by atoms with Crippen LogP contribution in [-0.2, 0) is 0 Å². The van der Waals surface area contributed by atoms with E-state index in [2.05, 4.69) is 203 Å². The first-order valence-corrected chi connectivity index (χ1v) is 20.4. The van der Waals surface area contributed by atoms with Crippen LogP contribution < -0.4 is 52.2 Å². The molecular weight excluding hydrogens is 712 g/mol. The summed E-state index contributed by atoms with van der Waals surface area (Å²) in [6.45, 7) is -0.00908. The fraction of sp³-hybridized carbons (Fsp3) is 0. The lowest BCUT2D eigenvalue weighted by Gasteiger charge is -2.44. The van der Waals surface area contributed by atoms with Gasteiger partial charge in [-0.05, 0) is 111 Å². The second-order valence-corrected chi connectivity index (χ2v) is 16.2. The number of para-hydroxylation sites is 4. The highest BCUT2D eigenvalue weighted by Crippen LogP contribution is 2.48. The number of hydrogen-bond donors (Lipinski definition) is 0. The summed E-state index contributed by atoms with van der Waals surface area (Å²) < 4.78 is 8.41. The maximum absolute atomic E-state index is 7.11. The third-order valence-corrected chi connectivity index (χ3v) is 13.5. The summed E-state index contributed by atoms with van der Waals surface area (Å²) in [6.07, 6.45) is 0. The Bertz CT molecular complexity index is 3100.